The number of benzene rings is 1. The maximum atomic E-state index is 13.1. The monoisotopic (exact) mass is 471 g/mol. The number of phenolic OH excluding ortho intramolecular Hbond substituents is 1. The number of halogens is 2. The Kier molecular flexibility index (Phi) is 7.18. The van der Waals surface area contributed by atoms with E-state index in [0.717, 1.165) is 44.2 Å². The molecule has 1 aromatic rings. The third-order valence-corrected chi connectivity index (χ3v) is 12.5. The standard InChI is InChI=1S/C23H35Cl2NO3Si/c1-23(2,3)30(4,5)29-18-8-6-16(7-9-18)26-11-10-15(22(26)28)12-19-20(24)13-17(27)14-21(19)25/h13-16,18,27H,6-12H2,1-5H3. The summed E-state index contributed by atoms with van der Waals surface area (Å²) in [4.78, 5) is 15.2. The number of hydrogen-bond donors (Lipinski definition) is 1. The van der Waals surface area contributed by atoms with Gasteiger partial charge in [0.25, 0.3) is 0 Å². The summed E-state index contributed by atoms with van der Waals surface area (Å²) in [6, 6.07) is 3.29. The second-order valence-corrected chi connectivity index (χ2v) is 16.0. The fourth-order valence-electron chi connectivity index (χ4n) is 4.41. The number of hydrogen-bond acceptors (Lipinski definition) is 3. The molecule has 0 bridgehead atoms. The van der Waals surface area contributed by atoms with Gasteiger partial charge in [0.2, 0.25) is 5.91 Å². The third-order valence-electron chi connectivity index (χ3n) is 7.28. The first-order chi connectivity index (χ1) is 13.9. The smallest absolute Gasteiger partial charge is 0.226 e. The van der Waals surface area contributed by atoms with Gasteiger partial charge in [0.05, 0.1) is 0 Å². The molecule has 1 unspecified atom stereocenters. The van der Waals surface area contributed by atoms with Crippen LogP contribution in [0.5, 0.6) is 5.75 Å². The van der Waals surface area contributed by atoms with E-state index in [1.165, 1.54) is 12.1 Å². The Hall–Kier alpha value is -0.753. The topological polar surface area (TPSA) is 49.8 Å². The van der Waals surface area contributed by atoms with Crippen LogP contribution in [0.3, 0.4) is 0 Å². The molecule has 2 aliphatic rings. The highest BCUT2D eigenvalue weighted by Crippen LogP contribution is 2.40. The fraction of sp³-hybridized carbons (Fsp3) is 0.696. The number of phenols is 1. The molecule has 1 atom stereocenters. The predicted molar refractivity (Wildman–Crippen MR) is 126 cm³/mol. The Labute approximate surface area is 192 Å². The lowest BCUT2D eigenvalue weighted by Crippen LogP contribution is -2.47. The highest BCUT2D eigenvalue weighted by Gasteiger charge is 2.42. The van der Waals surface area contributed by atoms with E-state index in [1.807, 2.05) is 0 Å². The van der Waals surface area contributed by atoms with Gasteiger partial charge in [0.15, 0.2) is 8.32 Å². The van der Waals surface area contributed by atoms with Crippen LogP contribution in [-0.4, -0.2) is 42.9 Å². The van der Waals surface area contributed by atoms with Crippen LogP contribution in [0.4, 0.5) is 0 Å². The average Bonchev–Trinajstić information content (AvgIpc) is 2.98. The molecular weight excluding hydrogens is 437 g/mol. The number of rotatable bonds is 5. The van der Waals surface area contributed by atoms with Gasteiger partial charge in [-0.3, -0.25) is 4.79 Å². The van der Waals surface area contributed by atoms with Gasteiger partial charge >= 0.3 is 0 Å². The van der Waals surface area contributed by atoms with Gasteiger partial charge in [-0.2, -0.15) is 0 Å². The number of carbonyl (C=O) groups is 1. The fourth-order valence-corrected chi connectivity index (χ4v) is 6.47. The molecule has 1 amide bonds. The van der Waals surface area contributed by atoms with Gasteiger partial charge in [-0.1, -0.05) is 44.0 Å². The van der Waals surface area contributed by atoms with Gasteiger partial charge in [0, 0.05) is 34.7 Å². The van der Waals surface area contributed by atoms with Crippen molar-refractivity contribution in [1.29, 1.82) is 0 Å². The van der Waals surface area contributed by atoms with Gasteiger partial charge in [-0.25, -0.2) is 0 Å². The predicted octanol–water partition coefficient (Wildman–Crippen LogP) is 6.42. The molecule has 4 nitrogen and oxygen atoms in total. The first kappa shape index (κ1) is 23.9. The zero-order valence-corrected chi connectivity index (χ0v) is 21.3. The summed E-state index contributed by atoms with van der Waals surface area (Å²) in [5.74, 6) is 0.166. The van der Waals surface area contributed by atoms with Crippen molar-refractivity contribution in [2.75, 3.05) is 6.54 Å². The van der Waals surface area contributed by atoms with Gasteiger partial charge in [-0.05, 0) is 74.4 Å². The van der Waals surface area contributed by atoms with Crippen LogP contribution in [0.1, 0.15) is 58.4 Å². The van der Waals surface area contributed by atoms with Crippen LogP contribution < -0.4 is 0 Å². The lowest BCUT2D eigenvalue weighted by molar-refractivity contribution is -0.133. The van der Waals surface area contributed by atoms with E-state index >= 15 is 0 Å². The van der Waals surface area contributed by atoms with Gasteiger partial charge in [-0.15, -0.1) is 0 Å². The number of likely N-dealkylation sites (tertiary alicyclic amines) is 1. The summed E-state index contributed by atoms with van der Waals surface area (Å²) in [5.41, 5.74) is 0.753. The first-order valence-corrected chi connectivity index (χ1v) is 14.7. The summed E-state index contributed by atoms with van der Waals surface area (Å²) >= 11 is 12.5. The number of carbonyl (C=O) groups excluding carboxylic acids is 1. The van der Waals surface area contributed by atoms with Gasteiger partial charge < -0.3 is 14.4 Å². The van der Waals surface area contributed by atoms with Crippen LogP contribution in [0.2, 0.25) is 28.2 Å². The molecule has 3 rings (SSSR count). The van der Waals surface area contributed by atoms with E-state index < -0.39 is 8.32 Å². The van der Waals surface area contributed by atoms with E-state index in [1.54, 1.807) is 0 Å². The maximum Gasteiger partial charge on any atom is 0.226 e. The van der Waals surface area contributed by atoms with Crippen molar-refractivity contribution >= 4 is 37.4 Å². The molecule has 1 heterocycles. The SMILES string of the molecule is CC(C)(C)[Si](C)(C)OC1CCC(N2CCC(Cc3c(Cl)cc(O)cc3Cl)C2=O)CC1. The van der Waals surface area contributed by atoms with Crippen molar-refractivity contribution in [3.8, 4) is 5.75 Å². The first-order valence-electron chi connectivity index (χ1n) is 11.0. The minimum atomic E-state index is -1.75. The molecule has 1 saturated heterocycles. The summed E-state index contributed by atoms with van der Waals surface area (Å²) < 4.78 is 6.60. The lowest BCUT2D eigenvalue weighted by Gasteiger charge is -2.42. The molecule has 1 saturated carbocycles. The van der Waals surface area contributed by atoms with Crippen molar-refractivity contribution < 1.29 is 14.3 Å². The minimum Gasteiger partial charge on any atom is -0.508 e. The Morgan fingerprint density at radius 3 is 2.20 bits per heavy atom. The molecule has 1 aliphatic carbocycles. The van der Waals surface area contributed by atoms with E-state index in [0.29, 0.717) is 28.6 Å². The zero-order valence-electron chi connectivity index (χ0n) is 18.8. The normalized spacial score (nSPS) is 25.8. The van der Waals surface area contributed by atoms with Crippen molar-refractivity contribution in [1.82, 2.24) is 4.90 Å². The molecule has 0 aromatic heterocycles. The average molecular weight is 473 g/mol. The van der Waals surface area contributed by atoms with Crippen molar-refractivity contribution in [2.45, 2.75) is 89.6 Å². The second kappa shape index (κ2) is 9.01. The van der Waals surface area contributed by atoms with Crippen LogP contribution >= 0.6 is 23.2 Å². The Morgan fingerprint density at radius 1 is 1.10 bits per heavy atom. The third kappa shape index (κ3) is 5.17. The second-order valence-electron chi connectivity index (χ2n) is 10.4. The summed E-state index contributed by atoms with van der Waals surface area (Å²) in [6.07, 6.45) is 5.76. The molecule has 0 radical (unpaired) electrons. The molecule has 168 valence electrons. The van der Waals surface area contributed by atoms with Crippen LogP contribution in [-0.2, 0) is 15.6 Å². The largest absolute Gasteiger partial charge is 0.508 e. The van der Waals surface area contributed by atoms with Crippen molar-refractivity contribution in [2.24, 2.45) is 5.92 Å². The van der Waals surface area contributed by atoms with Crippen molar-refractivity contribution in [3.63, 3.8) is 0 Å². The molecule has 7 heteroatoms. The van der Waals surface area contributed by atoms with Crippen LogP contribution in [0, 0.1) is 5.92 Å². The molecule has 30 heavy (non-hydrogen) atoms. The Morgan fingerprint density at radius 2 is 1.67 bits per heavy atom. The zero-order chi connectivity index (χ0) is 22.3. The molecule has 1 aromatic carbocycles. The lowest BCUT2D eigenvalue weighted by atomic mass is 9.92. The Balaban J connectivity index is 1.56. The van der Waals surface area contributed by atoms with Gasteiger partial charge in [0.1, 0.15) is 5.75 Å². The summed E-state index contributed by atoms with van der Waals surface area (Å²) in [7, 11) is -1.75. The molecule has 1 aliphatic heterocycles. The number of nitrogens with zero attached hydrogens (tertiary/aromatic N) is 1. The quantitative estimate of drug-likeness (QED) is 0.503. The molecule has 2 fully saturated rings. The van der Waals surface area contributed by atoms with Crippen LogP contribution in [0.15, 0.2) is 12.1 Å². The van der Waals surface area contributed by atoms with E-state index in [4.69, 9.17) is 27.6 Å². The number of amides is 1. The molecular formula is C23H35Cl2NO3Si. The maximum absolute atomic E-state index is 13.1. The molecule has 1 N–H and O–H groups in total. The summed E-state index contributed by atoms with van der Waals surface area (Å²) in [6.45, 7) is 12.3. The number of aromatic hydroxyl groups is 1. The molecule has 0 spiro atoms. The Bertz CT molecular complexity index is 762. The highest BCUT2D eigenvalue weighted by atomic mass is 35.5. The van der Waals surface area contributed by atoms with Crippen molar-refractivity contribution in [3.05, 3.63) is 27.7 Å². The van der Waals surface area contributed by atoms with Crippen LogP contribution in [0.25, 0.3) is 0 Å². The highest BCUT2D eigenvalue weighted by molar-refractivity contribution is 6.74. The van der Waals surface area contributed by atoms with E-state index in [9.17, 15) is 9.90 Å². The minimum absolute atomic E-state index is 0.0461. The van der Waals surface area contributed by atoms with E-state index in [2.05, 4.69) is 38.8 Å². The van der Waals surface area contributed by atoms with E-state index in [-0.39, 0.29) is 22.6 Å². The summed E-state index contributed by atoms with van der Waals surface area (Å²) in [5, 5.41) is 10.7.